The van der Waals surface area contributed by atoms with Crippen molar-refractivity contribution in [3.63, 3.8) is 0 Å². The number of imidazole rings is 1. The summed E-state index contributed by atoms with van der Waals surface area (Å²) in [5.41, 5.74) is 8.14. The Hall–Kier alpha value is -2.37. The monoisotopic (exact) mass is 242 g/mol. The lowest BCUT2D eigenvalue weighted by Crippen LogP contribution is -2.08. The van der Waals surface area contributed by atoms with Gasteiger partial charge in [0, 0.05) is 18.9 Å². The van der Waals surface area contributed by atoms with Crippen molar-refractivity contribution in [2.45, 2.75) is 20.0 Å². The lowest BCUT2D eigenvalue weighted by atomic mass is 10.4. The molecule has 6 nitrogen and oxygen atoms in total. The van der Waals surface area contributed by atoms with Crippen LogP contribution in [0.3, 0.4) is 0 Å². The Morgan fingerprint density at radius 1 is 1.39 bits per heavy atom. The molecule has 3 rings (SSSR count). The minimum absolute atomic E-state index is 0.599. The molecule has 0 radical (unpaired) electrons. The standard InChI is InChI=1S/C12H14N6/c1-2-18-11(8-17-7-9(13)6-15-17)16-10-4-3-5-14-12(10)18/h3-7H,2,8,13H2,1H3. The minimum Gasteiger partial charge on any atom is -0.396 e. The van der Waals surface area contributed by atoms with Gasteiger partial charge in [-0.2, -0.15) is 5.10 Å². The van der Waals surface area contributed by atoms with Gasteiger partial charge in [0.15, 0.2) is 5.65 Å². The Kier molecular flexibility index (Phi) is 2.47. The van der Waals surface area contributed by atoms with Crippen LogP contribution >= 0.6 is 0 Å². The summed E-state index contributed by atoms with van der Waals surface area (Å²) in [6, 6.07) is 3.86. The lowest BCUT2D eigenvalue weighted by molar-refractivity contribution is 0.613. The van der Waals surface area contributed by atoms with E-state index in [0.29, 0.717) is 12.2 Å². The molecule has 0 unspecified atom stereocenters. The molecule has 0 saturated heterocycles. The van der Waals surface area contributed by atoms with Crippen molar-refractivity contribution < 1.29 is 0 Å². The van der Waals surface area contributed by atoms with Crippen LogP contribution in [0.15, 0.2) is 30.7 Å². The smallest absolute Gasteiger partial charge is 0.160 e. The SMILES string of the molecule is CCn1c(Cn2cc(N)cn2)nc2cccnc21. The zero-order chi connectivity index (χ0) is 12.5. The normalized spacial score (nSPS) is 11.2. The van der Waals surface area contributed by atoms with Gasteiger partial charge in [-0.15, -0.1) is 0 Å². The third-order valence-electron chi connectivity index (χ3n) is 2.86. The number of anilines is 1. The molecular formula is C12H14N6. The van der Waals surface area contributed by atoms with Crippen molar-refractivity contribution >= 4 is 16.9 Å². The average Bonchev–Trinajstić information content (AvgIpc) is 2.92. The predicted molar refractivity (Wildman–Crippen MR) is 68.9 cm³/mol. The molecule has 0 aliphatic rings. The second kappa shape index (κ2) is 4.14. The summed E-state index contributed by atoms with van der Waals surface area (Å²) in [4.78, 5) is 8.95. The van der Waals surface area contributed by atoms with Gasteiger partial charge >= 0.3 is 0 Å². The first kappa shape index (κ1) is 10.8. The number of hydrogen-bond donors (Lipinski definition) is 1. The van der Waals surface area contributed by atoms with Crippen LogP contribution in [0.25, 0.3) is 11.2 Å². The first-order chi connectivity index (χ1) is 8.78. The summed E-state index contributed by atoms with van der Waals surface area (Å²) in [5, 5.41) is 4.17. The highest BCUT2D eigenvalue weighted by molar-refractivity contribution is 5.71. The molecule has 3 heterocycles. The lowest BCUT2D eigenvalue weighted by Gasteiger charge is -2.05. The summed E-state index contributed by atoms with van der Waals surface area (Å²) in [5.74, 6) is 0.939. The van der Waals surface area contributed by atoms with Crippen molar-refractivity contribution in [1.29, 1.82) is 0 Å². The van der Waals surface area contributed by atoms with Crippen molar-refractivity contribution in [3.8, 4) is 0 Å². The van der Waals surface area contributed by atoms with E-state index in [4.69, 9.17) is 5.73 Å². The maximum Gasteiger partial charge on any atom is 0.160 e. The molecule has 0 amide bonds. The number of pyridine rings is 1. The Bertz CT molecular complexity index is 681. The molecule has 0 spiro atoms. The molecule has 18 heavy (non-hydrogen) atoms. The predicted octanol–water partition coefficient (Wildman–Crippen LogP) is 1.28. The topological polar surface area (TPSA) is 74.5 Å². The Balaban J connectivity index is 2.05. The number of rotatable bonds is 3. The number of nitrogens with zero attached hydrogens (tertiary/aromatic N) is 5. The molecule has 3 aromatic heterocycles. The van der Waals surface area contributed by atoms with Gasteiger partial charge < -0.3 is 10.3 Å². The Morgan fingerprint density at radius 2 is 2.28 bits per heavy atom. The molecule has 0 bridgehead atoms. The van der Waals surface area contributed by atoms with Crippen LogP contribution in [0.4, 0.5) is 5.69 Å². The van der Waals surface area contributed by atoms with E-state index in [1.54, 1.807) is 23.3 Å². The molecule has 92 valence electrons. The van der Waals surface area contributed by atoms with Gasteiger partial charge in [-0.25, -0.2) is 9.97 Å². The van der Waals surface area contributed by atoms with E-state index in [2.05, 4.69) is 26.6 Å². The van der Waals surface area contributed by atoms with Crippen molar-refractivity contribution in [2.24, 2.45) is 0 Å². The zero-order valence-electron chi connectivity index (χ0n) is 10.1. The van der Waals surface area contributed by atoms with Crippen LogP contribution in [0.2, 0.25) is 0 Å². The number of hydrogen-bond acceptors (Lipinski definition) is 4. The maximum atomic E-state index is 5.66. The molecule has 6 heteroatoms. The van der Waals surface area contributed by atoms with Gasteiger partial charge in [-0.05, 0) is 19.1 Å². The maximum absolute atomic E-state index is 5.66. The van der Waals surface area contributed by atoms with E-state index in [1.165, 1.54) is 0 Å². The highest BCUT2D eigenvalue weighted by Crippen LogP contribution is 2.14. The van der Waals surface area contributed by atoms with Crippen LogP contribution in [0, 0.1) is 0 Å². The van der Waals surface area contributed by atoms with Crippen molar-refractivity contribution in [2.75, 3.05) is 5.73 Å². The number of aryl methyl sites for hydroxylation is 1. The van der Waals surface area contributed by atoms with Gasteiger partial charge in [0.05, 0.1) is 18.4 Å². The highest BCUT2D eigenvalue weighted by Gasteiger charge is 2.10. The summed E-state index contributed by atoms with van der Waals surface area (Å²) in [6.07, 6.45) is 5.22. The fraction of sp³-hybridized carbons (Fsp3) is 0.250. The Morgan fingerprint density at radius 3 is 3.00 bits per heavy atom. The summed E-state index contributed by atoms with van der Waals surface area (Å²) in [7, 11) is 0. The first-order valence-corrected chi connectivity index (χ1v) is 5.86. The largest absolute Gasteiger partial charge is 0.396 e. The van der Waals surface area contributed by atoms with E-state index in [-0.39, 0.29) is 0 Å². The van der Waals surface area contributed by atoms with Crippen LogP contribution in [0.1, 0.15) is 12.7 Å². The van der Waals surface area contributed by atoms with E-state index < -0.39 is 0 Å². The molecule has 0 aromatic carbocycles. The van der Waals surface area contributed by atoms with E-state index >= 15 is 0 Å². The first-order valence-electron chi connectivity index (χ1n) is 5.86. The number of aromatic nitrogens is 5. The minimum atomic E-state index is 0.599. The average molecular weight is 242 g/mol. The van der Waals surface area contributed by atoms with Crippen molar-refractivity contribution in [1.82, 2.24) is 24.3 Å². The third-order valence-corrected chi connectivity index (χ3v) is 2.86. The quantitative estimate of drug-likeness (QED) is 0.750. The van der Waals surface area contributed by atoms with Gasteiger partial charge in [0.2, 0.25) is 0 Å². The highest BCUT2D eigenvalue weighted by atomic mass is 15.3. The molecule has 0 saturated carbocycles. The fourth-order valence-corrected chi connectivity index (χ4v) is 2.07. The summed E-state index contributed by atoms with van der Waals surface area (Å²) in [6.45, 7) is 3.51. The fourth-order valence-electron chi connectivity index (χ4n) is 2.07. The van der Waals surface area contributed by atoms with Crippen LogP contribution in [-0.4, -0.2) is 24.3 Å². The van der Waals surface area contributed by atoms with Gasteiger partial charge in [-0.1, -0.05) is 0 Å². The summed E-state index contributed by atoms with van der Waals surface area (Å²) < 4.78 is 3.87. The van der Waals surface area contributed by atoms with E-state index in [9.17, 15) is 0 Å². The molecular weight excluding hydrogens is 228 g/mol. The molecule has 0 fully saturated rings. The molecule has 0 atom stereocenters. The number of nitrogen functional groups attached to an aromatic ring is 1. The van der Waals surface area contributed by atoms with Crippen LogP contribution in [-0.2, 0) is 13.1 Å². The molecule has 3 aromatic rings. The second-order valence-electron chi connectivity index (χ2n) is 4.09. The number of nitrogens with two attached hydrogens (primary N) is 1. The molecule has 2 N–H and O–H groups in total. The van der Waals surface area contributed by atoms with Crippen molar-refractivity contribution in [3.05, 3.63) is 36.5 Å². The zero-order valence-corrected chi connectivity index (χ0v) is 10.1. The molecule has 0 aliphatic carbocycles. The van der Waals surface area contributed by atoms with Gasteiger partial charge in [0.25, 0.3) is 0 Å². The Labute approximate surface area is 104 Å². The van der Waals surface area contributed by atoms with E-state index in [1.807, 2.05) is 12.1 Å². The van der Waals surface area contributed by atoms with E-state index in [0.717, 1.165) is 23.5 Å². The summed E-state index contributed by atoms with van der Waals surface area (Å²) >= 11 is 0. The van der Waals surface area contributed by atoms with Gasteiger partial charge in [-0.3, -0.25) is 4.68 Å². The third kappa shape index (κ3) is 1.71. The second-order valence-corrected chi connectivity index (χ2v) is 4.09. The molecule has 0 aliphatic heterocycles. The van der Waals surface area contributed by atoms with Crippen LogP contribution < -0.4 is 5.73 Å². The number of fused-ring (bicyclic) bond motifs is 1. The van der Waals surface area contributed by atoms with Gasteiger partial charge in [0.1, 0.15) is 11.3 Å². The van der Waals surface area contributed by atoms with Crippen LogP contribution in [0.5, 0.6) is 0 Å².